The van der Waals surface area contributed by atoms with Crippen molar-refractivity contribution in [2.45, 2.75) is 59.5 Å². The molecule has 0 aromatic heterocycles. The molecule has 0 saturated heterocycles. The highest BCUT2D eigenvalue weighted by molar-refractivity contribution is 4.59. The van der Waals surface area contributed by atoms with E-state index in [1.807, 2.05) is 6.92 Å². The van der Waals surface area contributed by atoms with E-state index in [0.717, 1.165) is 32.5 Å². The SMILES string of the molecule is CCC(C)(C)O.CCCOC.CCCOC. The van der Waals surface area contributed by atoms with Gasteiger partial charge in [-0.15, -0.1) is 0 Å². The minimum atomic E-state index is -0.458. The highest BCUT2D eigenvalue weighted by Crippen LogP contribution is 2.03. The van der Waals surface area contributed by atoms with Crippen LogP contribution in [0.3, 0.4) is 0 Å². The molecule has 3 heteroatoms. The lowest BCUT2D eigenvalue weighted by molar-refractivity contribution is 0.0765. The molecule has 0 aliphatic heterocycles. The first kappa shape index (κ1) is 21.2. The Morgan fingerprint density at radius 3 is 1.12 bits per heavy atom. The van der Waals surface area contributed by atoms with Gasteiger partial charge in [0.15, 0.2) is 0 Å². The fourth-order valence-electron chi connectivity index (χ4n) is 0.408. The van der Waals surface area contributed by atoms with Gasteiger partial charge in [-0.05, 0) is 33.1 Å². The van der Waals surface area contributed by atoms with Crippen LogP contribution in [0.1, 0.15) is 53.9 Å². The van der Waals surface area contributed by atoms with E-state index in [-0.39, 0.29) is 0 Å². The average Bonchev–Trinajstić information content (AvgIpc) is 2.21. The zero-order valence-corrected chi connectivity index (χ0v) is 12.3. The molecule has 0 heterocycles. The van der Waals surface area contributed by atoms with Gasteiger partial charge in [0.05, 0.1) is 5.60 Å². The van der Waals surface area contributed by atoms with E-state index in [9.17, 15) is 0 Å². The van der Waals surface area contributed by atoms with E-state index in [1.54, 1.807) is 28.1 Å². The summed E-state index contributed by atoms with van der Waals surface area (Å²) in [5.41, 5.74) is -0.458. The van der Waals surface area contributed by atoms with Crippen molar-refractivity contribution in [1.29, 1.82) is 0 Å². The molecule has 0 spiro atoms. The van der Waals surface area contributed by atoms with E-state index in [1.165, 1.54) is 0 Å². The molecule has 0 aliphatic carbocycles. The molecular weight excluding hydrogens is 204 g/mol. The molecule has 0 fully saturated rings. The zero-order chi connectivity index (χ0) is 13.4. The van der Waals surface area contributed by atoms with Crippen LogP contribution in [-0.2, 0) is 9.47 Å². The van der Waals surface area contributed by atoms with Gasteiger partial charge in [0.25, 0.3) is 0 Å². The van der Waals surface area contributed by atoms with E-state index in [0.29, 0.717) is 0 Å². The summed E-state index contributed by atoms with van der Waals surface area (Å²) < 4.78 is 9.38. The van der Waals surface area contributed by atoms with Crippen molar-refractivity contribution in [1.82, 2.24) is 0 Å². The van der Waals surface area contributed by atoms with E-state index in [4.69, 9.17) is 14.6 Å². The number of rotatable bonds is 5. The standard InChI is InChI=1S/C5H12O.2C4H10O/c1-4-5(2,3)6;2*1-3-4-5-2/h6H,4H2,1-3H3;2*3-4H2,1-2H3. The maximum absolute atomic E-state index is 8.83. The molecule has 0 bridgehead atoms. The minimum Gasteiger partial charge on any atom is -0.390 e. The van der Waals surface area contributed by atoms with Gasteiger partial charge in [-0.2, -0.15) is 0 Å². The Morgan fingerprint density at radius 1 is 0.875 bits per heavy atom. The molecule has 0 aliphatic rings. The number of hydrogen-bond donors (Lipinski definition) is 1. The van der Waals surface area contributed by atoms with Gasteiger partial charge < -0.3 is 14.6 Å². The van der Waals surface area contributed by atoms with Gasteiger partial charge in [-0.3, -0.25) is 0 Å². The number of aliphatic hydroxyl groups is 1. The Labute approximate surface area is 102 Å². The van der Waals surface area contributed by atoms with Crippen LogP contribution in [0.5, 0.6) is 0 Å². The Balaban J connectivity index is -0.000000160. The third-order valence-electron chi connectivity index (χ3n) is 1.68. The normalized spacial score (nSPS) is 9.75. The number of ether oxygens (including phenoxy) is 2. The van der Waals surface area contributed by atoms with Gasteiger partial charge >= 0.3 is 0 Å². The van der Waals surface area contributed by atoms with Gasteiger partial charge in [-0.1, -0.05) is 20.8 Å². The van der Waals surface area contributed by atoms with Gasteiger partial charge in [0.1, 0.15) is 0 Å². The van der Waals surface area contributed by atoms with Crippen LogP contribution in [0.25, 0.3) is 0 Å². The first-order valence-corrected chi connectivity index (χ1v) is 6.09. The summed E-state index contributed by atoms with van der Waals surface area (Å²) in [6, 6.07) is 0. The van der Waals surface area contributed by atoms with Crippen molar-refractivity contribution in [3.05, 3.63) is 0 Å². The lowest BCUT2D eigenvalue weighted by atomic mass is 10.1. The monoisotopic (exact) mass is 236 g/mol. The Morgan fingerprint density at radius 2 is 1.12 bits per heavy atom. The second-order valence-electron chi connectivity index (χ2n) is 4.15. The smallest absolute Gasteiger partial charge is 0.0589 e. The van der Waals surface area contributed by atoms with Crippen LogP contribution in [-0.4, -0.2) is 38.1 Å². The number of hydrogen-bond acceptors (Lipinski definition) is 3. The predicted molar refractivity (Wildman–Crippen MR) is 70.9 cm³/mol. The molecular formula is C13H32O3. The summed E-state index contributed by atoms with van der Waals surface area (Å²) in [4.78, 5) is 0. The van der Waals surface area contributed by atoms with Crippen LogP contribution in [0.15, 0.2) is 0 Å². The molecule has 16 heavy (non-hydrogen) atoms. The molecule has 0 aromatic carbocycles. The zero-order valence-electron chi connectivity index (χ0n) is 12.3. The molecule has 0 saturated carbocycles. The van der Waals surface area contributed by atoms with Crippen molar-refractivity contribution in [2.75, 3.05) is 27.4 Å². The molecule has 1 N–H and O–H groups in total. The molecule has 102 valence electrons. The van der Waals surface area contributed by atoms with Crippen LogP contribution in [0.4, 0.5) is 0 Å². The van der Waals surface area contributed by atoms with E-state index < -0.39 is 5.60 Å². The summed E-state index contributed by atoms with van der Waals surface area (Å²) in [6.07, 6.45) is 3.07. The largest absolute Gasteiger partial charge is 0.390 e. The summed E-state index contributed by atoms with van der Waals surface area (Å²) in [5.74, 6) is 0. The lowest BCUT2D eigenvalue weighted by Gasteiger charge is -2.11. The van der Waals surface area contributed by atoms with Crippen molar-refractivity contribution < 1.29 is 14.6 Å². The fourth-order valence-corrected chi connectivity index (χ4v) is 0.408. The first-order valence-electron chi connectivity index (χ1n) is 6.09. The lowest BCUT2D eigenvalue weighted by Crippen LogP contribution is -2.15. The van der Waals surface area contributed by atoms with Crippen molar-refractivity contribution in [2.24, 2.45) is 0 Å². The molecule has 0 aromatic rings. The summed E-state index contributed by atoms with van der Waals surface area (Å²) >= 11 is 0. The highest BCUT2D eigenvalue weighted by atomic mass is 16.5. The topological polar surface area (TPSA) is 38.7 Å². The van der Waals surface area contributed by atoms with E-state index >= 15 is 0 Å². The van der Waals surface area contributed by atoms with Crippen LogP contribution < -0.4 is 0 Å². The van der Waals surface area contributed by atoms with Crippen LogP contribution in [0.2, 0.25) is 0 Å². The molecule has 0 amide bonds. The van der Waals surface area contributed by atoms with Gasteiger partial charge in [0, 0.05) is 27.4 Å². The summed E-state index contributed by atoms with van der Waals surface area (Å²) in [6.45, 7) is 11.5. The second kappa shape index (κ2) is 17.3. The first-order chi connectivity index (χ1) is 7.39. The van der Waals surface area contributed by atoms with Crippen molar-refractivity contribution in [3.8, 4) is 0 Å². The molecule has 3 nitrogen and oxygen atoms in total. The third-order valence-corrected chi connectivity index (χ3v) is 1.68. The third kappa shape index (κ3) is 48.6. The van der Waals surface area contributed by atoms with Gasteiger partial charge in [0.2, 0.25) is 0 Å². The molecule has 0 atom stereocenters. The minimum absolute atomic E-state index is 0.458. The predicted octanol–water partition coefficient (Wildman–Crippen LogP) is 3.25. The summed E-state index contributed by atoms with van der Waals surface area (Å²) in [5, 5.41) is 8.83. The van der Waals surface area contributed by atoms with Crippen molar-refractivity contribution in [3.63, 3.8) is 0 Å². The maximum atomic E-state index is 8.83. The molecule has 0 radical (unpaired) electrons. The Bertz CT molecular complexity index is 87.8. The van der Waals surface area contributed by atoms with Crippen LogP contribution in [0, 0.1) is 0 Å². The summed E-state index contributed by atoms with van der Waals surface area (Å²) in [7, 11) is 3.42. The maximum Gasteiger partial charge on any atom is 0.0589 e. The van der Waals surface area contributed by atoms with Gasteiger partial charge in [-0.25, -0.2) is 0 Å². The second-order valence-corrected chi connectivity index (χ2v) is 4.15. The molecule has 0 rings (SSSR count). The van der Waals surface area contributed by atoms with Crippen molar-refractivity contribution >= 4 is 0 Å². The number of methoxy groups -OCH3 is 2. The Hall–Kier alpha value is -0.120. The Kier molecular flexibility index (Phi) is 22.9. The fraction of sp³-hybridized carbons (Fsp3) is 1.00. The van der Waals surface area contributed by atoms with E-state index in [2.05, 4.69) is 13.8 Å². The average molecular weight is 236 g/mol. The quantitative estimate of drug-likeness (QED) is 0.796. The van der Waals surface area contributed by atoms with Crippen LogP contribution >= 0.6 is 0 Å². The highest BCUT2D eigenvalue weighted by Gasteiger charge is 2.05. The molecule has 0 unspecified atom stereocenters.